The molecule has 206 valence electrons. The lowest BCUT2D eigenvalue weighted by molar-refractivity contribution is -0.148. The van der Waals surface area contributed by atoms with Gasteiger partial charge in [0, 0.05) is 25.7 Å². The van der Waals surface area contributed by atoms with Crippen molar-refractivity contribution in [3.8, 4) is 0 Å². The van der Waals surface area contributed by atoms with Crippen LogP contribution in [0.1, 0.15) is 90.2 Å². The molecule has 0 aliphatic carbocycles. The number of Topliss-reactive ketones (excluding diaryl/α,β-unsaturated/α-hetero) is 2. The molecule has 0 fully saturated rings. The van der Waals surface area contributed by atoms with Crippen LogP contribution < -0.4 is 0 Å². The molecule has 0 aliphatic heterocycles. The topological polar surface area (TPSA) is 86.7 Å². The third-order valence-corrected chi connectivity index (χ3v) is 6.57. The number of hydrogen-bond acceptors (Lipinski definition) is 6. The van der Waals surface area contributed by atoms with Crippen molar-refractivity contribution in [1.82, 2.24) is 0 Å². The number of esters is 2. The summed E-state index contributed by atoms with van der Waals surface area (Å²) in [6, 6.07) is 19.0. The Morgan fingerprint density at radius 3 is 1.24 bits per heavy atom. The number of carbonyl (C=O) groups is 4. The highest BCUT2D eigenvalue weighted by molar-refractivity contribution is 5.86. The molecule has 0 amide bonds. The molecule has 0 atom stereocenters. The van der Waals surface area contributed by atoms with Gasteiger partial charge < -0.3 is 9.47 Å². The molecule has 2 rings (SSSR count). The van der Waals surface area contributed by atoms with Gasteiger partial charge in [-0.15, -0.1) is 0 Å². The van der Waals surface area contributed by atoms with Gasteiger partial charge in [0.05, 0.1) is 12.8 Å². The summed E-state index contributed by atoms with van der Waals surface area (Å²) in [6.45, 7) is 8.26. The summed E-state index contributed by atoms with van der Waals surface area (Å²) in [7, 11) is 0. The zero-order chi connectivity index (χ0) is 28.0. The average Bonchev–Trinajstić information content (AvgIpc) is 2.88. The highest BCUT2D eigenvalue weighted by atomic mass is 16.5. The van der Waals surface area contributed by atoms with Gasteiger partial charge in [-0.25, -0.2) is 0 Å². The van der Waals surface area contributed by atoms with E-state index in [1.54, 1.807) is 0 Å². The van der Waals surface area contributed by atoms with E-state index in [1.807, 2.05) is 88.4 Å². The first-order valence-corrected chi connectivity index (χ1v) is 13.4. The van der Waals surface area contributed by atoms with E-state index in [4.69, 9.17) is 9.47 Å². The Labute approximate surface area is 227 Å². The number of carbonyl (C=O) groups excluding carboxylic acids is 4. The molecule has 0 spiro atoms. The van der Waals surface area contributed by atoms with Gasteiger partial charge in [-0.1, -0.05) is 88.4 Å². The molecule has 0 saturated carbocycles. The molecule has 0 radical (unpaired) electrons. The Kier molecular flexibility index (Phi) is 12.4. The molecule has 6 nitrogen and oxygen atoms in total. The van der Waals surface area contributed by atoms with E-state index in [0.717, 1.165) is 11.1 Å². The Bertz CT molecular complexity index is 955. The van der Waals surface area contributed by atoms with Crippen LogP contribution in [0.2, 0.25) is 0 Å². The van der Waals surface area contributed by atoms with Gasteiger partial charge in [0.15, 0.2) is 0 Å². The second-order valence-electron chi connectivity index (χ2n) is 11.6. The van der Waals surface area contributed by atoms with Gasteiger partial charge in [0.1, 0.15) is 24.8 Å². The van der Waals surface area contributed by atoms with Crippen molar-refractivity contribution in [3.63, 3.8) is 0 Å². The van der Waals surface area contributed by atoms with E-state index in [-0.39, 0.29) is 73.2 Å². The van der Waals surface area contributed by atoms with Crippen molar-refractivity contribution < 1.29 is 28.7 Å². The summed E-state index contributed by atoms with van der Waals surface area (Å²) in [5.41, 5.74) is 1.13. The molecule has 6 heteroatoms. The van der Waals surface area contributed by atoms with Crippen LogP contribution in [0, 0.1) is 10.8 Å². The summed E-state index contributed by atoms with van der Waals surface area (Å²) >= 11 is 0. The van der Waals surface area contributed by atoms with E-state index >= 15 is 0 Å². The fourth-order valence-electron chi connectivity index (χ4n) is 4.02. The molecule has 0 bridgehead atoms. The molecule has 2 aromatic rings. The van der Waals surface area contributed by atoms with Crippen LogP contribution in [-0.4, -0.2) is 23.5 Å². The van der Waals surface area contributed by atoms with E-state index in [1.165, 1.54) is 0 Å². The smallest absolute Gasteiger partial charge is 0.306 e. The third-order valence-electron chi connectivity index (χ3n) is 6.57. The zero-order valence-electron chi connectivity index (χ0n) is 23.3. The Hall–Kier alpha value is -3.28. The molecule has 38 heavy (non-hydrogen) atoms. The maximum atomic E-state index is 12.4. The summed E-state index contributed by atoms with van der Waals surface area (Å²) < 4.78 is 10.7. The van der Waals surface area contributed by atoms with Crippen molar-refractivity contribution in [3.05, 3.63) is 71.8 Å². The van der Waals surface area contributed by atoms with Gasteiger partial charge in [0.2, 0.25) is 0 Å². The monoisotopic (exact) mass is 522 g/mol. The lowest BCUT2D eigenvalue weighted by Gasteiger charge is -2.23. The summed E-state index contributed by atoms with van der Waals surface area (Å²) in [4.78, 5) is 49.3. The van der Waals surface area contributed by atoms with Crippen LogP contribution in [0.4, 0.5) is 0 Å². The predicted octanol–water partition coefficient (Wildman–Crippen LogP) is 6.78. The first-order chi connectivity index (χ1) is 17.9. The van der Waals surface area contributed by atoms with Crippen LogP contribution in [0.15, 0.2) is 60.7 Å². The van der Waals surface area contributed by atoms with E-state index < -0.39 is 0 Å². The fraction of sp³-hybridized carbons (Fsp3) is 0.500. The normalized spacial score (nSPS) is 11.6. The zero-order valence-corrected chi connectivity index (χ0v) is 23.3. The molecule has 0 unspecified atom stereocenters. The Morgan fingerprint density at radius 1 is 0.553 bits per heavy atom. The minimum Gasteiger partial charge on any atom is -0.461 e. The molecule has 2 aromatic carbocycles. The van der Waals surface area contributed by atoms with Crippen LogP contribution in [0.5, 0.6) is 0 Å². The van der Waals surface area contributed by atoms with Gasteiger partial charge in [-0.2, -0.15) is 0 Å². The van der Waals surface area contributed by atoms with Crippen molar-refractivity contribution in [2.75, 3.05) is 0 Å². The summed E-state index contributed by atoms with van der Waals surface area (Å²) in [5.74, 6) is -0.526. The van der Waals surface area contributed by atoms with Crippen molar-refractivity contribution in [1.29, 1.82) is 0 Å². The van der Waals surface area contributed by atoms with Crippen LogP contribution >= 0.6 is 0 Å². The lowest BCUT2D eigenvalue weighted by atomic mass is 9.82. The van der Waals surface area contributed by atoms with Gasteiger partial charge in [-0.3, -0.25) is 19.2 Å². The maximum Gasteiger partial charge on any atom is 0.306 e. The number of ketones is 2. The predicted molar refractivity (Wildman–Crippen MR) is 147 cm³/mol. The SMILES string of the molecule is CC(C)(CCC(=O)CCC(=O)CCC(C)(C)CC(=O)OCc1ccccc1)CC(=O)OCc1ccccc1. The standard InChI is InChI=1S/C32H42O6/c1-31(2,21-29(35)37-23-25-11-7-5-8-12-25)19-17-27(33)15-16-28(34)18-20-32(3,4)22-30(36)38-24-26-13-9-6-10-14-26/h5-14H,15-24H2,1-4H3. The van der Waals surface area contributed by atoms with Crippen molar-refractivity contribution >= 4 is 23.5 Å². The van der Waals surface area contributed by atoms with E-state index in [9.17, 15) is 19.2 Å². The maximum absolute atomic E-state index is 12.4. The minimum atomic E-state index is -0.368. The minimum absolute atomic E-state index is 0.0211. The van der Waals surface area contributed by atoms with E-state index in [0.29, 0.717) is 25.7 Å². The van der Waals surface area contributed by atoms with Gasteiger partial charge in [-0.05, 0) is 34.8 Å². The summed E-state index contributed by atoms with van der Waals surface area (Å²) in [6.07, 6.45) is 2.62. The van der Waals surface area contributed by atoms with Crippen LogP contribution in [0.3, 0.4) is 0 Å². The van der Waals surface area contributed by atoms with Crippen molar-refractivity contribution in [2.45, 2.75) is 92.3 Å². The Balaban J connectivity index is 1.61. The fourth-order valence-corrected chi connectivity index (χ4v) is 4.02. The second-order valence-corrected chi connectivity index (χ2v) is 11.6. The van der Waals surface area contributed by atoms with Gasteiger partial charge >= 0.3 is 11.9 Å². The molecular weight excluding hydrogens is 480 g/mol. The highest BCUT2D eigenvalue weighted by Gasteiger charge is 2.26. The lowest BCUT2D eigenvalue weighted by Crippen LogP contribution is -2.21. The molecule has 0 N–H and O–H groups in total. The molecule has 0 saturated heterocycles. The molecule has 0 aliphatic rings. The highest BCUT2D eigenvalue weighted by Crippen LogP contribution is 2.29. The first kappa shape index (κ1) is 30.9. The summed E-state index contributed by atoms with van der Waals surface area (Å²) in [5, 5.41) is 0. The molecular formula is C32H42O6. The third kappa shape index (κ3) is 13.3. The van der Waals surface area contributed by atoms with E-state index in [2.05, 4.69) is 0 Å². The van der Waals surface area contributed by atoms with Crippen molar-refractivity contribution in [2.24, 2.45) is 10.8 Å². The average molecular weight is 523 g/mol. The second kappa shape index (κ2) is 15.2. The number of hydrogen-bond donors (Lipinski definition) is 0. The van der Waals surface area contributed by atoms with Gasteiger partial charge in [0.25, 0.3) is 0 Å². The first-order valence-electron chi connectivity index (χ1n) is 13.4. The molecule has 0 heterocycles. The largest absolute Gasteiger partial charge is 0.461 e. The van der Waals surface area contributed by atoms with Crippen LogP contribution in [0.25, 0.3) is 0 Å². The quantitative estimate of drug-likeness (QED) is 0.213. The number of rotatable bonds is 17. The molecule has 0 aromatic heterocycles. The number of benzene rings is 2. The Morgan fingerprint density at radius 2 is 0.895 bits per heavy atom. The van der Waals surface area contributed by atoms with Crippen LogP contribution in [-0.2, 0) is 41.9 Å². The number of ether oxygens (including phenoxy) is 2.